The normalized spacial score (nSPS) is 10.5. The van der Waals surface area contributed by atoms with Crippen LogP contribution in [0.5, 0.6) is 0 Å². The van der Waals surface area contributed by atoms with Gasteiger partial charge in [-0.2, -0.15) is 0 Å². The van der Waals surface area contributed by atoms with Crippen LogP contribution in [0.25, 0.3) is 0 Å². The van der Waals surface area contributed by atoms with E-state index in [0.29, 0.717) is 24.4 Å². The van der Waals surface area contributed by atoms with Gasteiger partial charge in [0.05, 0.1) is 5.01 Å². The lowest BCUT2D eigenvalue weighted by molar-refractivity contribution is -0.116. The van der Waals surface area contributed by atoms with E-state index in [1.54, 1.807) is 24.3 Å². The number of thiazole rings is 1. The molecular weight excluding hydrogens is 238 g/mol. The van der Waals surface area contributed by atoms with E-state index in [4.69, 9.17) is 4.52 Å². The summed E-state index contributed by atoms with van der Waals surface area (Å²) in [5.74, 6) is 1.06. The van der Waals surface area contributed by atoms with Crippen LogP contribution in [0.15, 0.2) is 16.0 Å². The maximum absolute atomic E-state index is 11.6. The smallest absolute Gasteiger partial charge is 0.226 e. The van der Waals surface area contributed by atoms with Gasteiger partial charge in [-0.05, 0) is 13.8 Å². The Kier molecular flexibility index (Phi) is 3.53. The number of nitrogens with one attached hydrogen (secondary N) is 1. The number of nitrogens with zero attached hydrogens (tertiary/aromatic N) is 2. The summed E-state index contributed by atoms with van der Waals surface area (Å²) >= 11 is 1.58. The Morgan fingerprint density at radius 3 is 2.94 bits per heavy atom. The minimum Gasteiger partial charge on any atom is -0.360 e. The van der Waals surface area contributed by atoms with Gasteiger partial charge >= 0.3 is 0 Å². The van der Waals surface area contributed by atoms with E-state index in [1.807, 2.05) is 12.3 Å². The molecule has 0 unspecified atom stereocenters. The molecule has 0 aliphatic rings. The average molecular weight is 251 g/mol. The molecule has 0 aromatic carbocycles. The summed E-state index contributed by atoms with van der Waals surface area (Å²) in [5, 5.41) is 9.33. The van der Waals surface area contributed by atoms with Crippen molar-refractivity contribution in [2.24, 2.45) is 0 Å². The molecule has 2 aromatic rings. The van der Waals surface area contributed by atoms with Crippen molar-refractivity contribution in [2.45, 2.75) is 26.7 Å². The van der Waals surface area contributed by atoms with Gasteiger partial charge < -0.3 is 9.84 Å². The Morgan fingerprint density at radius 1 is 1.53 bits per heavy atom. The van der Waals surface area contributed by atoms with Gasteiger partial charge in [0.15, 0.2) is 5.82 Å². The highest BCUT2D eigenvalue weighted by Gasteiger charge is 2.07. The summed E-state index contributed by atoms with van der Waals surface area (Å²) in [6, 6.07) is 1.69. The Bertz CT molecular complexity index is 518. The van der Waals surface area contributed by atoms with Crippen molar-refractivity contribution >= 4 is 23.1 Å². The standard InChI is InChI=1S/C11H13N3O2S/c1-7-6-17-11(12-7)4-3-10(15)13-9-5-8(2)16-14-9/h5-6H,3-4H2,1-2H3,(H,13,14,15). The first-order valence-corrected chi connectivity index (χ1v) is 6.15. The zero-order valence-electron chi connectivity index (χ0n) is 9.69. The van der Waals surface area contributed by atoms with Gasteiger partial charge in [-0.25, -0.2) is 4.98 Å². The van der Waals surface area contributed by atoms with Crippen molar-refractivity contribution in [3.63, 3.8) is 0 Å². The number of aryl methyl sites for hydroxylation is 3. The van der Waals surface area contributed by atoms with Crippen LogP contribution in [-0.2, 0) is 11.2 Å². The number of anilines is 1. The van der Waals surface area contributed by atoms with Gasteiger partial charge in [0, 0.05) is 30.0 Å². The summed E-state index contributed by atoms with van der Waals surface area (Å²) in [5.41, 5.74) is 0.998. The molecule has 2 aromatic heterocycles. The third-order valence-corrected chi connectivity index (χ3v) is 3.15. The summed E-state index contributed by atoms with van der Waals surface area (Å²) in [6.45, 7) is 3.72. The molecule has 2 heterocycles. The predicted molar refractivity (Wildman–Crippen MR) is 65.0 cm³/mol. The predicted octanol–water partition coefficient (Wildman–Crippen LogP) is 2.32. The Balaban J connectivity index is 1.82. The fourth-order valence-electron chi connectivity index (χ4n) is 1.37. The molecule has 1 amide bonds. The lowest BCUT2D eigenvalue weighted by atomic mass is 10.3. The van der Waals surface area contributed by atoms with E-state index in [9.17, 15) is 4.79 Å². The molecule has 6 heteroatoms. The van der Waals surface area contributed by atoms with E-state index in [1.165, 1.54) is 0 Å². The van der Waals surface area contributed by atoms with Crippen LogP contribution in [0, 0.1) is 13.8 Å². The Morgan fingerprint density at radius 2 is 2.35 bits per heavy atom. The third-order valence-electron chi connectivity index (χ3n) is 2.13. The third kappa shape index (κ3) is 3.39. The quantitative estimate of drug-likeness (QED) is 0.905. The number of carbonyl (C=O) groups excluding carboxylic acids is 1. The molecule has 0 fully saturated rings. The molecular formula is C11H13N3O2S. The first kappa shape index (κ1) is 11.8. The van der Waals surface area contributed by atoms with E-state index < -0.39 is 0 Å². The fourth-order valence-corrected chi connectivity index (χ4v) is 2.14. The summed E-state index contributed by atoms with van der Waals surface area (Å²) in [6.07, 6.45) is 1.06. The number of rotatable bonds is 4. The Hall–Kier alpha value is -1.69. The molecule has 0 aliphatic heterocycles. The Labute approximate surface area is 103 Å². The van der Waals surface area contributed by atoms with Crippen molar-refractivity contribution in [1.82, 2.24) is 10.1 Å². The summed E-state index contributed by atoms with van der Waals surface area (Å²) in [7, 11) is 0. The van der Waals surface area contributed by atoms with Crippen molar-refractivity contribution in [3.05, 3.63) is 27.9 Å². The number of hydrogen-bond acceptors (Lipinski definition) is 5. The second kappa shape index (κ2) is 5.09. The van der Waals surface area contributed by atoms with Gasteiger partial charge in [-0.15, -0.1) is 11.3 Å². The molecule has 0 saturated carbocycles. The van der Waals surface area contributed by atoms with Crippen LogP contribution in [0.4, 0.5) is 5.82 Å². The average Bonchev–Trinajstić information content (AvgIpc) is 2.85. The number of hydrogen-bond donors (Lipinski definition) is 1. The maximum atomic E-state index is 11.6. The van der Waals surface area contributed by atoms with Crippen LogP contribution in [0.3, 0.4) is 0 Å². The zero-order chi connectivity index (χ0) is 12.3. The highest BCUT2D eigenvalue weighted by molar-refractivity contribution is 7.09. The summed E-state index contributed by atoms with van der Waals surface area (Å²) < 4.78 is 4.86. The highest BCUT2D eigenvalue weighted by atomic mass is 32.1. The number of aromatic nitrogens is 2. The molecule has 0 aliphatic carbocycles. The molecule has 0 atom stereocenters. The minimum atomic E-state index is -0.0776. The van der Waals surface area contributed by atoms with Crippen LogP contribution in [0.2, 0.25) is 0 Å². The van der Waals surface area contributed by atoms with Crippen molar-refractivity contribution in [2.75, 3.05) is 5.32 Å². The van der Waals surface area contributed by atoms with Crippen molar-refractivity contribution in [3.8, 4) is 0 Å². The highest BCUT2D eigenvalue weighted by Crippen LogP contribution is 2.12. The summed E-state index contributed by atoms with van der Waals surface area (Å²) in [4.78, 5) is 15.9. The lowest BCUT2D eigenvalue weighted by Gasteiger charge is -1.98. The van der Waals surface area contributed by atoms with Gasteiger partial charge in [0.2, 0.25) is 5.91 Å². The minimum absolute atomic E-state index is 0.0776. The second-order valence-electron chi connectivity index (χ2n) is 3.75. The fraction of sp³-hybridized carbons (Fsp3) is 0.364. The van der Waals surface area contributed by atoms with E-state index in [0.717, 1.165) is 10.7 Å². The zero-order valence-corrected chi connectivity index (χ0v) is 10.5. The molecule has 17 heavy (non-hydrogen) atoms. The molecule has 0 saturated heterocycles. The van der Waals surface area contributed by atoms with Crippen molar-refractivity contribution < 1.29 is 9.32 Å². The topological polar surface area (TPSA) is 68.0 Å². The van der Waals surface area contributed by atoms with Crippen molar-refractivity contribution in [1.29, 1.82) is 0 Å². The molecule has 90 valence electrons. The van der Waals surface area contributed by atoms with E-state index in [-0.39, 0.29) is 5.91 Å². The number of amides is 1. The van der Waals surface area contributed by atoms with Crippen LogP contribution in [-0.4, -0.2) is 16.0 Å². The van der Waals surface area contributed by atoms with Crippen LogP contribution >= 0.6 is 11.3 Å². The van der Waals surface area contributed by atoms with E-state index >= 15 is 0 Å². The molecule has 0 bridgehead atoms. The van der Waals surface area contributed by atoms with E-state index in [2.05, 4.69) is 15.5 Å². The van der Waals surface area contributed by atoms with Gasteiger partial charge in [-0.3, -0.25) is 4.79 Å². The molecule has 2 rings (SSSR count). The van der Waals surface area contributed by atoms with Gasteiger partial charge in [-0.1, -0.05) is 5.16 Å². The molecule has 5 nitrogen and oxygen atoms in total. The first-order chi connectivity index (χ1) is 8.13. The van der Waals surface area contributed by atoms with Gasteiger partial charge in [0.1, 0.15) is 5.76 Å². The van der Waals surface area contributed by atoms with Crippen LogP contribution in [0.1, 0.15) is 22.9 Å². The molecule has 0 radical (unpaired) electrons. The molecule has 0 spiro atoms. The SMILES string of the molecule is Cc1csc(CCC(=O)Nc2cc(C)on2)n1. The monoisotopic (exact) mass is 251 g/mol. The second-order valence-corrected chi connectivity index (χ2v) is 4.70. The largest absolute Gasteiger partial charge is 0.360 e. The van der Waals surface area contributed by atoms with Gasteiger partial charge in [0.25, 0.3) is 0 Å². The molecule has 1 N–H and O–H groups in total. The van der Waals surface area contributed by atoms with Crippen LogP contribution < -0.4 is 5.32 Å². The first-order valence-electron chi connectivity index (χ1n) is 5.27. The number of carbonyl (C=O) groups is 1. The lowest BCUT2D eigenvalue weighted by Crippen LogP contribution is -2.12. The maximum Gasteiger partial charge on any atom is 0.226 e.